The number of hydrogen-bond donors (Lipinski definition) is 1. The summed E-state index contributed by atoms with van der Waals surface area (Å²) in [5.74, 6) is 0.984. The molecule has 0 aromatic heterocycles. The van der Waals surface area contributed by atoms with Crippen LogP contribution in [0, 0.1) is 11.8 Å². The highest BCUT2D eigenvalue weighted by Crippen LogP contribution is 2.23. The van der Waals surface area contributed by atoms with E-state index in [4.69, 9.17) is 10.5 Å². The van der Waals surface area contributed by atoms with Crippen LogP contribution in [0.2, 0.25) is 0 Å². The second-order valence-electron chi connectivity index (χ2n) is 6.04. The number of amides is 1. The van der Waals surface area contributed by atoms with Crippen molar-refractivity contribution in [3.8, 4) is 0 Å². The number of nitrogens with zero attached hydrogens (tertiary/aromatic N) is 1. The van der Waals surface area contributed by atoms with E-state index in [1.807, 2.05) is 25.7 Å². The van der Waals surface area contributed by atoms with Gasteiger partial charge in [0.25, 0.3) is 0 Å². The monoisotopic (exact) mass is 242 g/mol. The van der Waals surface area contributed by atoms with Gasteiger partial charge >= 0.3 is 6.09 Å². The Kier molecular flexibility index (Phi) is 4.80. The molecule has 0 bridgehead atoms. The van der Waals surface area contributed by atoms with Crippen molar-refractivity contribution in [2.45, 2.75) is 46.1 Å². The first-order valence-corrected chi connectivity index (χ1v) is 6.51. The van der Waals surface area contributed by atoms with E-state index < -0.39 is 5.60 Å². The van der Waals surface area contributed by atoms with E-state index in [2.05, 4.69) is 6.92 Å². The lowest BCUT2D eigenvalue weighted by atomic mass is 9.91. The lowest BCUT2D eigenvalue weighted by Crippen LogP contribution is -2.39. The molecular formula is C13H26N2O2. The van der Waals surface area contributed by atoms with Gasteiger partial charge in [-0.25, -0.2) is 4.79 Å². The predicted octanol–water partition coefficient (Wildman–Crippen LogP) is 2.23. The predicted molar refractivity (Wildman–Crippen MR) is 68.7 cm³/mol. The molecule has 1 aliphatic rings. The number of ether oxygens (including phenoxy) is 1. The van der Waals surface area contributed by atoms with Crippen molar-refractivity contribution < 1.29 is 9.53 Å². The molecule has 1 saturated heterocycles. The fraction of sp³-hybridized carbons (Fsp3) is 0.923. The van der Waals surface area contributed by atoms with Crippen molar-refractivity contribution in [2.24, 2.45) is 17.6 Å². The maximum atomic E-state index is 12.0. The first kappa shape index (κ1) is 14.3. The average Bonchev–Trinajstić information content (AvgIpc) is 2.37. The number of rotatable bonds is 1. The first-order valence-electron chi connectivity index (χ1n) is 6.51. The second kappa shape index (κ2) is 5.71. The Bertz CT molecular complexity index is 261. The summed E-state index contributed by atoms with van der Waals surface area (Å²) in [6.07, 6.45) is 1.93. The Labute approximate surface area is 104 Å². The molecule has 2 atom stereocenters. The molecule has 1 amide bonds. The molecule has 0 radical (unpaired) electrons. The van der Waals surface area contributed by atoms with Crippen LogP contribution in [0.3, 0.4) is 0 Å². The Balaban J connectivity index is 2.57. The fourth-order valence-corrected chi connectivity index (χ4v) is 2.26. The molecule has 0 aromatic rings. The smallest absolute Gasteiger partial charge is 0.410 e. The van der Waals surface area contributed by atoms with Gasteiger partial charge in [-0.2, -0.15) is 0 Å². The van der Waals surface area contributed by atoms with Crippen molar-refractivity contribution in [3.05, 3.63) is 0 Å². The molecule has 0 aromatic carbocycles. The molecular weight excluding hydrogens is 216 g/mol. The fourth-order valence-electron chi connectivity index (χ4n) is 2.26. The molecule has 4 nitrogen and oxygen atoms in total. The van der Waals surface area contributed by atoms with Crippen molar-refractivity contribution in [1.82, 2.24) is 4.90 Å². The van der Waals surface area contributed by atoms with E-state index in [0.717, 1.165) is 25.9 Å². The zero-order valence-corrected chi connectivity index (χ0v) is 11.5. The number of carbonyl (C=O) groups excluding carboxylic acids is 1. The van der Waals surface area contributed by atoms with E-state index in [1.165, 1.54) is 0 Å². The van der Waals surface area contributed by atoms with Gasteiger partial charge in [0, 0.05) is 13.1 Å². The third kappa shape index (κ3) is 4.54. The minimum absolute atomic E-state index is 0.193. The van der Waals surface area contributed by atoms with Gasteiger partial charge in [0.15, 0.2) is 0 Å². The minimum atomic E-state index is -0.417. The van der Waals surface area contributed by atoms with Gasteiger partial charge in [0.05, 0.1) is 0 Å². The van der Waals surface area contributed by atoms with Crippen LogP contribution < -0.4 is 5.73 Å². The minimum Gasteiger partial charge on any atom is -0.444 e. The van der Waals surface area contributed by atoms with Gasteiger partial charge in [-0.15, -0.1) is 0 Å². The van der Waals surface area contributed by atoms with Gasteiger partial charge in [-0.05, 0) is 52.0 Å². The summed E-state index contributed by atoms with van der Waals surface area (Å²) in [6, 6.07) is 0. The number of hydrogen-bond acceptors (Lipinski definition) is 3. The molecule has 1 aliphatic heterocycles. The summed E-state index contributed by atoms with van der Waals surface area (Å²) < 4.78 is 5.41. The highest BCUT2D eigenvalue weighted by Gasteiger charge is 2.28. The molecule has 17 heavy (non-hydrogen) atoms. The summed E-state index contributed by atoms with van der Waals surface area (Å²) >= 11 is 0. The van der Waals surface area contributed by atoms with E-state index >= 15 is 0 Å². The van der Waals surface area contributed by atoms with Crippen molar-refractivity contribution in [3.63, 3.8) is 0 Å². The Morgan fingerprint density at radius 2 is 2.12 bits per heavy atom. The van der Waals surface area contributed by atoms with Crippen molar-refractivity contribution in [1.29, 1.82) is 0 Å². The van der Waals surface area contributed by atoms with Gasteiger partial charge in [-0.1, -0.05) is 6.92 Å². The summed E-state index contributed by atoms with van der Waals surface area (Å²) in [5, 5.41) is 0. The van der Waals surface area contributed by atoms with E-state index in [1.54, 1.807) is 0 Å². The van der Waals surface area contributed by atoms with Crippen LogP contribution in [-0.2, 0) is 4.74 Å². The molecule has 0 spiro atoms. The van der Waals surface area contributed by atoms with Crippen LogP contribution in [0.25, 0.3) is 0 Å². The molecule has 1 rings (SSSR count). The van der Waals surface area contributed by atoms with Crippen LogP contribution in [0.1, 0.15) is 40.5 Å². The maximum Gasteiger partial charge on any atom is 0.410 e. The highest BCUT2D eigenvalue weighted by atomic mass is 16.6. The molecule has 0 aliphatic carbocycles. The Hall–Kier alpha value is -0.770. The number of carbonyl (C=O) groups is 1. The topological polar surface area (TPSA) is 55.6 Å². The SMILES string of the molecule is C[C@@H]1CN(C(=O)OC(C)(C)C)CCC[C@@H]1CN. The Morgan fingerprint density at radius 3 is 2.65 bits per heavy atom. The van der Waals surface area contributed by atoms with Crippen LogP contribution >= 0.6 is 0 Å². The zero-order valence-electron chi connectivity index (χ0n) is 11.5. The highest BCUT2D eigenvalue weighted by molar-refractivity contribution is 5.68. The van der Waals surface area contributed by atoms with E-state index in [0.29, 0.717) is 18.4 Å². The number of likely N-dealkylation sites (tertiary alicyclic amines) is 1. The summed E-state index contributed by atoms with van der Waals surface area (Å²) in [6.45, 7) is 10.1. The molecule has 0 saturated carbocycles. The molecule has 0 unspecified atom stereocenters. The molecule has 100 valence electrons. The van der Waals surface area contributed by atoms with Crippen molar-refractivity contribution >= 4 is 6.09 Å². The van der Waals surface area contributed by atoms with Crippen LogP contribution in [0.5, 0.6) is 0 Å². The average molecular weight is 242 g/mol. The largest absolute Gasteiger partial charge is 0.444 e. The standard InChI is InChI=1S/C13H26N2O2/c1-10-9-15(7-5-6-11(10)8-14)12(16)17-13(2,3)4/h10-11H,5-9,14H2,1-4H3/t10-,11-/m1/s1. The van der Waals surface area contributed by atoms with Gasteiger partial charge < -0.3 is 15.4 Å². The van der Waals surface area contributed by atoms with E-state index in [9.17, 15) is 4.79 Å². The van der Waals surface area contributed by atoms with Crippen LogP contribution in [0.15, 0.2) is 0 Å². The normalized spacial score (nSPS) is 26.5. The maximum absolute atomic E-state index is 12.0. The summed E-state index contributed by atoms with van der Waals surface area (Å²) in [4.78, 5) is 13.8. The molecule has 1 fully saturated rings. The number of nitrogens with two attached hydrogens (primary N) is 1. The second-order valence-corrected chi connectivity index (χ2v) is 6.04. The van der Waals surface area contributed by atoms with E-state index in [-0.39, 0.29) is 6.09 Å². The van der Waals surface area contributed by atoms with Gasteiger partial charge in [0.2, 0.25) is 0 Å². The van der Waals surface area contributed by atoms with Crippen molar-refractivity contribution in [2.75, 3.05) is 19.6 Å². The van der Waals surface area contributed by atoms with Crippen LogP contribution in [0.4, 0.5) is 4.79 Å². The molecule has 1 heterocycles. The third-order valence-electron chi connectivity index (χ3n) is 3.27. The summed E-state index contributed by atoms with van der Waals surface area (Å²) in [5.41, 5.74) is 5.33. The molecule has 2 N–H and O–H groups in total. The third-order valence-corrected chi connectivity index (χ3v) is 3.27. The van der Waals surface area contributed by atoms with Gasteiger partial charge in [-0.3, -0.25) is 0 Å². The zero-order chi connectivity index (χ0) is 13.1. The summed E-state index contributed by atoms with van der Waals surface area (Å²) in [7, 11) is 0. The Morgan fingerprint density at radius 1 is 1.47 bits per heavy atom. The first-order chi connectivity index (χ1) is 7.83. The lowest BCUT2D eigenvalue weighted by molar-refractivity contribution is 0.0232. The van der Waals surface area contributed by atoms with Gasteiger partial charge in [0.1, 0.15) is 5.60 Å². The quantitative estimate of drug-likeness (QED) is 0.767. The molecule has 4 heteroatoms. The van der Waals surface area contributed by atoms with Crippen LogP contribution in [-0.4, -0.2) is 36.2 Å². The lowest BCUT2D eigenvalue weighted by Gasteiger charge is -2.28.